The van der Waals surface area contributed by atoms with E-state index in [0.717, 1.165) is 41.8 Å². The zero-order valence-electron chi connectivity index (χ0n) is 22.0. The molecule has 4 rings (SSSR count). The molecule has 2 aromatic carbocycles. The van der Waals surface area contributed by atoms with Gasteiger partial charge in [-0.15, -0.1) is 0 Å². The van der Waals surface area contributed by atoms with Crippen molar-refractivity contribution < 1.29 is 31.9 Å². The predicted octanol–water partition coefficient (Wildman–Crippen LogP) is 7.66. The van der Waals surface area contributed by atoms with Gasteiger partial charge in [-0.1, -0.05) is 37.6 Å². The van der Waals surface area contributed by atoms with Crippen LogP contribution in [0.4, 0.5) is 17.6 Å². The van der Waals surface area contributed by atoms with Crippen molar-refractivity contribution >= 4 is 11.8 Å². The lowest BCUT2D eigenvalue weighted by Crippen LogP contribution is -2.22. The molecule has 0 radical (unpaired) electrons. The molecule has 1 fully saturated rings. The quantitative estimate of drug-likeness (QED) is 0.185. The lowest BCUT2D eigenvalue weighted by atomic mass is 9.87. The topological polar surface area (TPSA) is 56.3 Å². The number of pyridine rings is 1. The van der Waals surface area contributed by atoms with E-state index in [9.17, 15) is 27.2 Å². The van der Waals surface area contributed by atoms with E-state index >= 15 is 0 Å². The molecule has 0 atom stereocenters. The highest BCUT2D eigenvalue weighted by atomic mass is 19.4. The Morgan fingerprint density at radius 1 is 1.00 bits per heavy atom. The number of halogens is 4. The monoisotopic (exact) mass is 541 g/mol. The summed E-state index contributed by atoms with van der Waals surface area (Å²) < 4.78 is 58.6. The van der Waals surface area contributed by atoms with Gasteiger partial charge in [0.05, 0.1) is 23.1 Å². The molecule has 1 saturated carbocycles. The number of hydrogen-bond acceptors (Lipinski definition) is 4. The first kappa shape index (κ1) is 28.5. The van der Waals surface area contributed by atoms with Crippen LogP contribution in [-0.4, -0.2) is 23.3 Å². The fraction of sp³-hybridized carbons (Fsp3) is 0.387. The van der Waals surface area contributed by atoms with Gasteiger partial charge in [-0.05, 0) is 74.4 Å². The van der Waals surface area contributed by atoms with Gasteiger partial charge in [0.25, 0.3) is 0 Å². The fourth-order valence-electron chi connectivity index (χ4n) is 4.96. The Kier molecular flexibility index (Phi) is 8.52. The summed E-state index contributed by atoms with van der Waals surface area (Å²) in [6.45, 7) is 4.05. The Morgan fingerprint density at radius 2 is 1.77 bits per heavy atom. The zero-order chi connectivity index (χ0) is 28.2. The van der Waals surface area contributed by atoms with Crippen LogP contribution in [0.1, 0.15) is 78.7 Å². The molecule has 0 N–H and O–H groups in total. The van der Waals surface area contributed by atoms with Crippen LogP contribution < -0.4 is 0 Å². The Morgan fingerprint density at radius 3 is 2.36 bits per heavy atom. The van der Waals surface area contributed by atoms with Crippen molar-refractivity contribution in [3.8, 4) is 11.1 Å². The molecule has 1 aliphatic rings. The number of carbonyl (C=O) groups is 2. The van der Waals surface area contributed by atoms with E-state index < -0.39 is 28.9 Å². The number of aryl methyl sites for hydroxylation is 2. The first-order chi connectivity index (χ1) is 18.6. The summed E-state index contributed by atoms with van der Waals surface area (Å²) in [4.78, 5) is 30.3. The highest BCUT2D eigenvalue weighted by Gasteiger charge is 2.52. The summed E-state index contributed by atoms with van der Waals surface area (Å²) in [6.07, 6.45) is 0.897. The van der Waals surface area contributed by atoms with Crippen LogP contribution in [0.15, 0.2) is 54.7 Å². The van der Waals surface area contributed by atoms with Gasteiger partial charge in [0, 0.05) is 29.4 Å². The second kappa shape index (κ2) is 11.7. The summed E-state index contributed by atoms with van der Waals surface area (Å²) in [5, 5.41) is 0. The first-order valence-corrected chi connectivity index (χ1v) is 13.2. The van der Waals surface area contributed by atoms with Crippen LogP contribution in [0.5, 0.6) is 0 Å². The smallest absolute Gasteiger partial charge is 0.416 e. The van der Waals surface area contributed by atoms with Crippen LogP contribution in [0.25, 0.3) is 11.1 Å². The zero-order valence-corrected chi connectivity index (χ0v) is 22.0. The van der Waals surface area contributed by atoms with Gasteiger partial charge in [-0.25, -0.2) is 9.18 Å². The minimum absolute atomic E-state index is 0.0352. The molecular formula is C31H31F4NO3. The van der Waals surface area contributed by atoms with Crippen LogP contribution in [0.3, 0.4) is 0 Å². The maximum absolute atomic E-state index is 14.6. The lowest BCUT2D eigenvalue weighted by molar-refractivity contribution is -0.137. The third kappa shape index (κ3) is 6.37. The van der Waals surface area contributed by atoms with E-state index in [1.165, 1.54) is 0 Å². The van der Waals surface area contributed by atoms with Gasteiger partial charge in [-0.2, -0.15) is 13.2 Å². The number of Topliss-reactive ketones (excluding diaryl/α,β-unsaturated/α-hetero) is 1. The third-order valence-electron chi connectivity index (χ3n) is 7.19. The number of aromatic nitrogens is 1. The Labute approximate surface area is 225 Å². The molecule has 0 saturated heterocycles. The number of nitrogens with zero attached hydrogens (tertiary/aromatic N) is 1. The van der Waals surface area contributed by atoms with Gasteiger partial charge < -0.3 is 4.74 Å². The number of carbonyl (C=O) groups excluding carboxylic acids is 2. The van der Waals surface area contributed by atoms with E-state index in [1.54, 1.807) is 19.2 Å². The van der Waals surface area contributed by atoms with Crippen molar-refractivity contribution in [1.29, 1.82) is 0 Å². The normalized spacial score (nSPS) is 14.2. The van der Waals surface area contributed by atoms with Crippen molar-refractivity contribution in [1.82, 2.24) is 4.98 Å². The number of hydrogen-bond donors (Lipinski definition) is 0. The molecule has 0 aliphatic heterocycles. The van der Waals surface area contributed by atoms with E-state index in [4.69, 9.17) is 4.74 Å². The van der Waals surface area contributed by atoms with E-state index in [2.05, 4.69) is 11.9 Å². The molecule has 0 unspecified atom stereocenters. The molecule has 39 heavy (non-hydrogen) atoms. The number of esters is 1. The first-order valence-electron chi connectivity index (χ1n) is 13.2. The second-order valence-corrected chi connectivity index (χ2v) is 9.94. The third-order valence-corrected chi connectivity index (χ3v) is 7.19. The van der Waals surface area contributed by atoms with Crippen molar-refractivity contribution in [2.75, 3.05) is 6.61 Å². The highest BCUT2D eigenvalue weighted by molar-refractivity contribution is 5.97. The Balaban J connectivity index is 1.46. The minimum Gasteiger partial charge on any atom is -0.462 e. The number of ketones is 1. The van der Waals surface area contributed by atoms with Crippen molar-refractivity contribution in [2.24, 2.45) is 0 Å². The second-order valence-electron chi connectivity index (χ2n) is 9.94. The molecule has 1 aliphatic carbocycles. The number of ether oxygens (including phenoxy) is 1. The molecule has 4 nitrogen and oxygen atoms in total. The van der Waals surface area contributed by atoms with Crippen LogP contribution in [0, 0.1) is 5.82 Å². The van der Waals surface area contributed by atoms with Crippen LogP contribution in [-0.2, 0) is 34.0 Å². The van der Waals surface area contributed by atoms with Crippen molar-refractivity contribution in [3.05, 3.63) is 88.5 Å². The summed E-state index contributed by atoms with van der Waals surface area (Å²) in [7, 11) is 0. The summed E-state index contributed by atoms with van der Waals surface area (Å²) >= 11 is 0. The number of rotatable bonds is 11. The molecule has 0 bridgehead atoms. The average molecular weight is 542 g/mol. The molecule has 3 aromatic rings. The maximum atomic E-state index is 14.6. The number of alkyl halides is 3. The van der Waals surface area contributed by atoms with Crippen LogP contribution in [0.2, 0.25) is 0 Å². The van der Waals surface area contributed by atoms with E-state index in [0.29, 0.717) is 42.9 Å². The summed E-state index contributed by atoms with van der Waals surface area (Å²) in [5.41, 5.74) is 1.66. The molecule has 0 amide bonds. The predicted molar refractivity (Wildman–Crippen MR) is 140 cm³/mol. The fourth-order valence-corrected chi connectivity index (χ4v) is 4.96. The van der Waals surface area contributed by atoms with E-state index in [-0.39, 0.29) is 24.4 Å². The maximum Gasteiger partial charge on any atom is 0.416 e. The lowest BCUT2D eigenvalue weighted by Gasteiger charge is -2.17. The van der Waals surface area contributed by atoms with Crippen LogP contribution >= 0.6 is 0 Å². The molecule has 8 heteroatoms. The van der Waals surface area contributed by atoms with Gasteiger partial charge in [0.2, 0.25) is 0 Å². The van der Waals surface area contributed by atoms with Gasteiger partial charge in [0.15, 0.2) is 0 Å². The minimum atomic E-state index is -4.65. The van der Waals surface area contributed by atoms with Gasteiger partial charge in [-0.3, -0.25) is 9.78 Å². The highest BCUT2D eigenvalue weighted by Crippen LogP contribution is 2.51. The summed E-state index contributed by atoms with van der Waals surface area (Å²) in [6, 6.07) is 11.8. The molecule has 1 heterocycles. The average Bonchev–Trinajstić information content (AvgIpc) is 3.71. The van der Waals surface area contributed by atoms with Gasteiger partial charge >= 0.3 is 12.1 Å². The van der Waals surface area contributed by atoms with Gasteiger partial charge in [0.1, 0.15) is 11.6 Å². The molecule has 1 aromatic heterocycles. The molecular weight excluding hydrogens is 510 g/mol. The Bertz CT molecular complexity index is 1340. The largest absolute Gasteiger partial charge is 0.462 e. The number of benzene rings is 2. The standard InChI is InChI=1S/C31H31F4NO3/c1-3-6-23-12-10-21(19-36-23)24-13-9-20(17-25(24)29(38)39-4-2)7-5-8-28(37)30(15-16-30)26-14-11-22(18-27(26)32)31(33,34)35/h9-14,17-19H,3-8,15-16H2,1-2H3. The van der Waals surface area contributed by atoms with Crippen molar-refractivity contribution in [2.45, 2.75) is 70.4 Å². The van der Waals surface area contributed by atoms with Crippen molar-refractivity contribution in [3.63, 3.8) is 0 Å². The van der Waals surface area contributed by atoms with E-state index in [1.807, 2.05) is 24.3 Å². The molecule has 0 spiro atoms. The molecule has 206 valence electrons. The SMILES string of the molecule is CCCc1ccc(-c2ccc(CCCC(=O)C3(c4ccc(C(F)(F)F)cc4F)CC3)cc2C(=O)OCC)cn1. The Hall–Kier alpha value is -3.55. The summed E-state index contributed by atoms with van der Waals surface area (Å²) in [5.74, 6) is -1.62.